The number of likely N-dealkylation sites (tertiary alicyclic amines) is 1. The van der Waals surface area contributed by atoms with Crippen molar-refractivity contribution < 1.29 is 14.3 Å². The molecule has 2 heterocycles. The van der Waals surface area contributed by atoms with Crippen LogP contribution in [0.5, 0.6) is 11.5 Å². The molecule has 1 N–H and O–H groups in total. The summed E-state index contributed by atoms with van der Waals surface area (Å²) in [5.41, 5.74) is 4.02. The van der Waals surface area contributed by atoms with Gasteiger partial charge in [0, 0.05) is 23.6 Å². The average Bonchev–Trinajstić information content (AvgIpc) is 3.33. The quantitative estimate of drug-likeness (QED) is 0.394. The first-order valence-corrected chi connectivity index (χ1v) is 11.4. The third-order valence-electron chi connectivity index (χ3n) is 6.25. The second kappa shape index (κ2) is 9.12. The largest absolute Gasteiger partial charge is 0.508 e. The van der Waals surface area contributed by atoms with E-state index in [0.29, 0.717) is 17.8 Å². The summed E-state index contributed by atoms with van der Waals surface area (Å²) in [6.45, 7) is 5.92. The number of hydrogen-bond acceptors (Lipinski definition) is 5. The number of benzene rings is 3. The first-order chi connectivity index (χ1) is 16.1. The molecule has 0 unspecified atom stereocenters. The Balaban J connectivity index is 1.53. The standard InChI is InChI=1S/C28H27NO4/c1-19-4-6-21(7-5-19)27-26(24-13-10-22(30)18-25(24)33-28(27)31)20-8-11-23(12-9-20)32-17-16-29-14-2-3-15-29/h4-13,18,30H,2-3,14-17H2,1H3. The third-order valence-corrected chi connectivity index (χ3v) is 6.25. The van der Waals surface area contributed by atoms with Crippen LogP contribution in [0.3, 0.4) is 0 Å². The summed E-state index contributed by atoms with van der Waals surface area (Å²) in [6, 6.07) is 20.6. The molecule has 4 aromatic rings. The highest BCUT2D eigenvalue weighted by Crippen LogP contribution is 2.37. The van der Waals surface area contributed by atoms with Crippen molar-refractivity contribution in [1.82, 2.24) is 4.90 Å². The second-order valence-corrected chi connectivity index (χ2v) is 8.61. The maximum atomic E-state index is 13.1. The van der Waals surface area contributed by atoms with Crippen LogP contribution in [0.25, 0.3) is 33.2 Å². The molecule has 5 nitrogen and oxygen atoms in total. The lowest BCUT2D eigenvalue weighted by molar-refractivity contribution is 0.238. The van der Waals surface area contributed by atoms with Crippen molar-refractivity contribution in [2.24, 2.45) is 0 Å². The van der Waals surface area contributed by atoms with Gasteiger partial charge >= 0.3 is 5.63 Å². The Hall–Kier alpha value is -3.57. The molecule has 33 heavy (non-hydrogen) atoms. The molecule has 0 aliphatic carbocycles. The molecule has 1 saturated heterocycles. The zero-order chi connectivity index (χ0) is 22.8. The molecule has 5 rings (SSSR count). The molecule has 0 atom stereocenters. The number of phenolic OH excluding ortho intramolecular Hbond substituents is 1. The van der Waals surface area contributed by atoms with Crippen LogP contribution in [0.2, 0.25) is 0 Å². The van der Waals surface area contributed by atoms with Crippen LogP contribution in [0, 0.1) is 6.92 Å². The average molecular weight is 442 g/mol. The molecule has 1 fully saturated rings. The molecule has 168 valence electrons. The Kier molecular flexibility index (Phi) is 5.88. The molecular formula is C28H27NO4. The topological polar surface area (TPSA) is 62.9 Å². The minimum absolute atomic E-state index is 0.0569. The van der Waals surface area contributed by atoms with E-state index >= 15 is 0 Å². The lowest BCUT2D eigenvalue weighted by atomic mass is 9.92. The summed E-state index contributed by atoms with van der Waals surface area (Å²) < 4.78 is 11.6. The van der Waals surface area contributed by atoms with Crippen LogP contribution >= 0.6 is 0 Å². The molecule has 1 aromatic heterocycles. The molecule has 0 bridgehead atoms. The maximum absolute atomic E-state index is 13.1. The van der Waals surface area contributed by atoms with E-state index in [9.17, 15) is 9.90 Å². The Morgan fingerprint density at radius 3 is 2.30 bits per heavy atom. The van der Waals surface area contributed by atoms with Crippen LogP contribution in [0.4, 0.5) is 0 Å². The van der Waals surface area contributed by atoms with Crippen LogP contribution in [0.1, 0.15) is 18.4 Å². The highest BCUT2D eigenvalue weighted by Gasteiger charge is 2.19. The van der Waals surface area contributed by atoms with Gasteiger partial charge in [0.15, 0.2) is 0 Å². The van der Waals surface area contributed by atoms with Crippen LogP contribution in [-0.4, -0.2) is 36.2 Å². The first kappa shape index (κ1) is 21.3. The number of aromatic hydroxyl groups is 1. The van der Waals surface area contributed by atoms with Gasteiger partial charge in [-0.2, -0.15) is 0 Å². The molecule has 1 aliphatic heterocycles. The zero-order valence-corrected chi connectivity index (χ0v) is 18.7. The number of aryl methyl sites for hydroxylation is 1. The van der Waals surface area contributed by atoms with Crippen molar-refractivity contribution in [3.63, 3.8) is 0 Å². The lowest BCUT2D eigenvalue weighted by Crippen LogP contribution is -2.25. The van der Waals surface area contributed by atoms with Gasteiger partial charge in [0.25, 0.3) is 0 Å². The molecule has 0 saturated carbocycles. The third kappa shape index (κ3) is 4.50. The van der Waals surface area contributed by atoms with E-state index in [1.165, 1.54) is 18.9 Å². The minimum Gasteiger partial charge on any atom is -0.508 e. The van der Waals surface area contributed by atoms with Gasteiger partial charge in [0.1, 0.15) is 23.7 Å². The van der Waals surface area contributed by atoms with E-state index in [4.69, 9.17) is 9.15 Å². The normalized spacial score (nSPS) is 14.1. The molecule has 0 amide bonds. The van der Waals surface area contributed by atoms with Crippen molar-refractivity contribution in [3.8, 4) is 33.8 Å². The van der Waals surface area contributed by atoms with Crippen LogP contribution < -0.4 is 10.4 Å². The summed E-state index contributed by atoms with van der Waals surface area (Å²) in [7, 11) is 0. The van der Waals surface area contributed by atoms with Crippen LogP contribution in [0.15, 0.2) is 75.9 Å². The minimum atomic E-state index is -0.433. The summed E-state index contributed by atoms with van der Waals surface area (Å²) in [4.78, 5) is 15.5. The molecule has 3 aromatic carbocycles. The van der Waals surface area contributed by atoms with Crippen LogP contribution in [-0.2, 0) is 0 Å². The lowest BCUT2D eigenvalue weighted by Gasteiger charge is -2.16. The van der Waals surface area contributed by atoms with Gasteiger partial charge < -0.3 is 14.3 Å². The fourth-order valence-corrected chi connectivity index (χ4v) is 4.49. The summed E-state index contributed by atoms with van der Waals surface area (Å²) in [5.74, 6) is 0.862. The second-order valence-electron chi connectivity index (χ2n) is 8.61. The van der Waals surface area contributed by atoms with Crippen molar-refractivity contribution in [3.05, 3.63) is 82.7 Å². The fraction of sp³-hybridized carbons (Fsp3) is 0.250. The SMILES string of the molecule is Cc1ccc(-c2c(-c3ccc(OCCN4CCCC4)cc3)c3ccc(O)cc3oc2=O)cc1. The van der Waals surface area contributed by atoms with Gasteiger partial charge in [-0.05, 0) is 68.2 Å². The number of fused-ring (bicyclic) bond motifs is 1. The molecule has 0 spiro atoms. The highest BCUT2D eigenvalue weighted by molar-refractivity contribution is 6.01. The van der Waals surface area contributed by atoms with E-state index in [1.54, 1.807) is 12.1 Å². The van der Waals surface area contributed by atoms with Crippen molar-refractivity contribution in [2.75, 3.05) is 26.2 Å². The van der Waals surface area contributed by atoms with E-state index in [1.807, 2.05) is 55.5 Å². The van der Waals surface area contributed by atoms with Gasteiger partial charge in [0.2, 0.25) is 0 Å². The van der Waals surface area contributed by atoms with E-state index in [2.05, 4.69) is 4.90 Å². The van der Waals surface area contributed by atoms with Gasteiger partial charge in [-0.1, -0.05) is 42.0 Å². The number of hydrogen-bond donors (Lipinski definition) is 1. The first-order valence-electron chi connectivity index (χ1n) is 11.4. The highest BCUT2D eigenvalue weighted by atomic mass is 16.5. The smallest absolute Gasteiger partial charge is 0.344 e. The number of nitrogens with zero attached hydrogens (tertiary/aromatic N) is 1. The van der Waals surface area contributed by atoms with Gasteiger partial charge in [-0.25, -0.2) is 4.79 Å². The predicted octanol–water partition coefficient (Wildman–Crippen LogP) is 5.62. The van der Waals surface area contributed by atoms with Gasteiger partial charge in [0.05, 0.1) is 5.56 Å². The summed E-state index contributed by atoms with van der Waals surface area (Å²) in [6.07, 6.45) is 2.55. The molecule has 1 aliphatic rings. The van der Waals surface area contributed by atoms with Gasteiger partial charge in [-0.3, -0.25) is 4.90 Å². The Morgan fingerprint density at radius 1 is 0.909 bits per heavy atom. The number of phenols is 1. The molecular weight excluding hydrogens is 414 g/mol. The maximum Gasteiger partial charge on any atom is 0.344 e. The van der Waals surface area contributed by atoms with Crippen molar-refractivity contribution >= 4 is 11.0 Å². The summed E-state index contributed by atoms with van der Waals surface area (Å²) >= 11 is 0. The number of ether oxygens (including phenoxy) is 1. The Bertz CT molecular complexity index is 1320. The number of rotatable bonds is 6. The van der Waals surface area contributed by atoms with Crippen molar-refractivity contribution in [1.29, 1.82) is 0 Å². The Labute approximate surface area is 192 Å². The zero-order valence-electron chi connectivity index (χ0n) is 18.7. The van der Waals surface area contributed by atoms with E-state index < -0.39 is 5.63 Å². The monoisotopic (exact) mass is 441 g/mol. The predicted molar refractivity (Wildman–Crippen MR) is 131 cm³/mol. The molecule has 5 heteroatoms. The van der Waals surface area contributed by atoms with Gasteiger partial charge in [-0.15, -0.1) is 0 Å². The van der Waals surface area contributed by atoms with Crippen molar-refractivity contribution in [2.45, 2.75) is 19.8 Å². The summed E-state index contributed by atoms with van der Waals surface area (Å²) in [5, 5.41) is 10.7. The fourth-order valence-electron chi connectivity index (χ4n) is 4.49. The Morgan fingerprint density at radius 2 is 1.58 bits per heavy atom. The van der Waals surface area contributed by atoms with E-state index in [-0.39, 0.29) is 5.75 Å². The molecule has 0 radical (unpaired) electrons. The van der Waals surface area contributed by atoms with E-state index in [0.717, 1.165) is 53.0 Å².